The van der Waals surface area contributed by atoms with Gasteiger partial charge in [0.1, 0.15) is 16.9 Å². The molecule has 0 spiro atoms. The number of ether oxygens (including phenoxy) is 1. The van der Waals surface area contributed by atoms with E-state index in [0.29, 0.717) is 50.5 Å². The van der Waals surface area contributed by atoms with Gasteiger partial charge in [-0.05, 0) is 100 Å². The summed E-state index contributed by atoms with van der Waals surface area (Å²) in [5, 5.41) is 7.67. The fraction of sp³-hybridized carbons (Fsp3) is 0.297. The largest absolute Gasteiger partial charge is 0.497 e. The molecule has 250 valence electrons. The van der Waals surface area contributed by atoms with Crippen LogP contribution in [0.1, 0.15) is 59.2 Å². The van der Waals surface area contributed by atoms with Gasteiger partial charge in [0.2, 0.25) is 5.91 Å². The molecule has 2 amide bonds. The van der Waals surface area contributed by atoms with Gasteiger partial charge in [0.25, 0.3) is 11.8 Å². The lowest BCUT2D eigenvalue weighted by molar-refractivity contribution is -0.120. The van der Waals surface area contributed by atoms with Crippen LogP contribution in [0.3, 0.4) is 0 Å². The maximum Gasteiger partial charge on any atom is 0.349 e. The first-order valence-electron chi connectivity index (χ1n) is 15.9. The number of hydrogen-bond donors (Lipinski definition) is 2. The molecular formula is C37H39ClN4O6. The number of nitrogens with zero attached hydrogens (tertiary/aromatic N) is 2. The first-order valence-corrected chi connectivity index (χ1v) is 16.3. The van der Waals surface area contributed by atoms with Crippen LogP contribution in [-0.4, -0.2) is 55.1 Å². The number of hydrogen-bond acceptors (Lipinski definition) is 7. The van der Waals surface area contributed by atoms with Gasteiger partial charge in [-0.1, -0.05) is 11.6 Å². The molecule has 5 aromatic rings. The third-order valence-electron chi connectivity index (χ3n) is 8.54. The Hall–Kier alpha value is -5.09. The first kappa shape index (κ1) is 34.3. The second kappa shape index (κ2) is 14.8. The Labute approximate surface area is 283 Å². The molecule has 2 aromatic heterocycles. The number of aromatic nitrogens is 1. The van der Waals surface area contributed by atoms with E-state index in [0.717, 1.165) is 24.2 Å². The normalized spacial score (nSPS) is 11.8. The van der Waals surface area contributed by atoms with Crippen molar-refractivity contribution in [2.24, 2.45) is 0 Å². The van der Waals surface area contributed by atoms with Crippen molar-refractivity contribution in [1.82, 2.24) is 15.2 Å². The zero-order valence-electron chi connectivity index (χ0n) is 27.7. The van der Waals surface area contributed by atoms with Crippen molar-refractivity contribution < 1.29 is 23.5 Å². The second-order valence-electron chi connectivity index (χ2n) is 11.6. The number of carbonyl (C=O) groups is 3. The minimum Gasteiger partial charge on any atom is -0.497 e. The number of rotatable bonds is 12. The van der Waals surface area contributed by atoms with Crippen LogP contribution in [0.15, 0.2) is 75.9 Å². The lowest BCUT2D eigenvalue weighted by Crippen LogP contribution is -2.38. The van der Waals surface area contributed by atoms with Gasteiger partial charge < -0.3 is 24.7 Å². The van der Waals surface area contributed by atoms with E-state index in [4.69, 9.17) is 20.8 Å². The zero-order valence-corrected chi connectivity index (χ0v) is 28.4. The van der Waals surface area contributed by atoms with Crippen molar-refractivity contribution in [2.75, 3.05) is 31.6 Å². The fourth-order valence-electron chi connectivity index (χ4n) is 5.86. The third kappa shape index (κ3) is 7.23. The predicted octanol–water partition coefficient (Wildman–Crippen LogP) is 6.12. The van der Waals surface area contributed by atoms with Gasteiger partial charge in [-0.3, -0.25) is 19.0 Å². The van der Waals surface area contributed by atoms with E-state index in [1.54, 1.807) is 61.1 Å². The summed E-state index contributed by atoms with van der Waals surface area (Å²) < 4.78 is 12.5. The summed E-state index contributed by atoms with van der Waals surface area (Å²) in [5.74, 6) is -0.410. The van der Waals surface area contributed by atoms with E-state index in [1.807, 2.05) is 31.2 Å². The summed E-state index contributed by atoms with van der Waals surface area (Å²) in [6, 6.07) is 18.9. The molecule has 1 atom stereocenters. The number of anilines is 1. The molecular weight excluding hydrogens is 632 g/mol. The number of nitrogens with one attached hydrogen (secondary N) is 2. The smallest absolute Gasteiger partial charge is 0.349 e. The second-order valence-corrected chi connectivity index (χ2v) is 12.1. The summed E-state index contributed by atoms with van der Waals surface area (Å²) in [6.45, 7) is 9.63. The highest BCUT2D eigenvalue weighted by molar-refractivity contribution is 6.30. The molecule has 0 fully saturated rings. The summed E-state index contributed by atoms with van der Waals surface area (Å²) >= 11 is 6.03. The average molecular weight is 671 g/mol. The number of methoxy groups -OCH3 is 1. The van der Waals surface area contributed by atoms with E-state index in [-0.39, 0.29) is 36.4 Å². The lowest BCUT2D eigenvalue weighted by Gasteiger charge is -2.21. The van der Waals surface area contributed by atoms with E-state index in [2.05, 4.69) is 29.4 Å². The Bertz CT molecular complexity index is 2050. The molecule has 0 aliphatic carbocycles. The van der Waals surface area contributed by atoms with E-state index in [1.165, 1.54) is 0 Å². The van der Waals surface area contributed by atoms with Crippen molar-refractivity contribution in [3.63, 3.8) is 0 Å². The summed E-state index contributed by atoms with van der Waals surface area (Å²) in [4.78, 5) is 54.6. The molecule has 0 aliphatic rings. The molecule has 0 saturated carbocycles. The quantitative estimate of drug-likeness (QED) is 0.153. The van der Waals surface area contributed by atoms with Crippen LogP contribution in [0, 0.1) is 6.92 Å². The highest BCUT2D eigenvalue weighted by Gasteiger charge is 2.22. The van der Waals surface area contributed by atoms with Gasteiger partial charge >= 0.3 is 5.63 Å². The Morgan fingerprint density at radius 3 is 2.42 bits per heavy atom. The van der Waals surface area contributed by atoms with Crippen molar-refractivity contribution in [1.29, 1.82) is 0 Å². The average Bonchev–Trinajstić information content (AvgIpc) is 3.34. The summed E-state index contributed by atoms with van der Waals surface area (Å²) in [5.41, 5.74) is 3.05. The third-order valence-corrected chi connectivity index (χ3v) is 8.80. The Morgan fingerprint density at radius 1 is 1.00 bits per heavy atom. The SMILES string of the molecule is CCN(CC)c1ccc2cc(C(=O)NC(C)CCNC(=O)Cc3c(C)n(C(=O)c4ccc(Cl)cc4)c4ccc(OC)cc34)c(=O)oc2c1. The van der Waals surface area contributed by atoms with Gasteiger partial charge in [0, 0.05) is 64.5 Å². The molecule has 48 heavy (non-hydrogen) atoms. The molecule has 0 aliphatic heterocycles. The molecule has 2 heterocycles. The monoisotopic (exact) mass is 670 g/mol. The van der Waals surface area contributed by atoms with Crippen LogP contribution in [-0.2, 0) is 11.2 Å². The van der Waals surface area contributed by atoms with E-state index in [9.17, 15) is 19.2 Å². The number of amides is 2. The maximum atomic E-state index is 13.6. The minimum atomic E-state index is -0.710. The standard InChI is InChI=1S/C37H39ClN4O6/c1-6-41(7-2)27-13-10-25-18-31(37(46)48-33(25)19-27)35(44)40-22(3)16-17-39-34(43)21-29-23(4)42(32-15-14-28(47-5)20-30(29)32)36(45)24-8-11-26(38)12-9-24/h8-15,18-20,22H,6-7,16-17,21H2,1-5H3,(H,39,43)(H,40,44). The summed E-state index contributed by atoms with van der Waals surface area (Å²) in [6.07, 6.45) is 0.457. The minimum absolute atomic E-state index is 0.0330. The van der Waals surface area contributed by atoms with Gasteiger partial charge in [0.15, 0.2) is 0 Å². The molecule has 0 bridgehead atoms. The van der Waals surface area contributed by atoms with Gasteiger partial charge in [-0.2, -0.15) is 0 Å². The number of benzene rings is 3. The highest BCUT2D eigenvalue weighted by atomic mass is 35.5. The maximum absolute atomic E-state index is 13.6. The van der Waals surface area contributed by atoms with Gasteiger partial charge in [-0.25, -0.2) is 4.79 Å². The molecule has 11 heteroatoms. The first-order chi connectivity index (χ1) is 23.0. The van der Waals surface area contributed by atoms with Crippen LogP contribution in [0.4, 0.5) is 5.69 Å². The van der Waals surface area contributed by atoms with Crippen LogP contribution in [0.25, 0.3) is 21.9 Å². The molecule has 0 saturated heterocycles. The van der Waals surface area contributed by atoms with E-state index >= 15 is 0 Å². The van der Waals surface area contributed by atoms with Crippen molar-refractivity contribution in [2.45, 2.75) is 46.6 Å². The van der Waals surface area contributed by atoms with Crippen molar-refractivity contribution in [3.05, 3.63) is 105 Å². The van der Waals surface area contributed by atoms with Gasteiger partial charge in [0.05, 0.1) is 19.0 Å². The fourth-order valence-corrected chi connectivity index (χ4v) is 5.99. The van der Waals surface area contributed by atoms with Crippen molar-refractivity contribution in [3.8, 4) is 5.75 Å². The van der Waals surface area contributed by atoms with Crippen LogP contribution >= 0.6 is 11.6 Å². The van der Waals surface area contributed by atoms with E-state index < -0.39 is 11.5 Å². The van der Waals surface area contributed by atoms with Crippen LogP contribution in [0.2, 0.25) is 5.02 Å². The number of halogens is 1. The van der Waals surface area contributed by atoms with Crippen LogP contribution < -0.4 is 25.9 Å². The van der Waals surface area contributed by atoms with Crippen LogP contribution in [0.5, 0.6) is 5.75 Å². The Balaban J connectivity index is 1.23. The highest BCUT2D eigenvalue weighted by Crippen LogP contribution is 2.31. The molecule has 10 nitrogen and oxygen atoms in total. The lowest BCUT2D eigenvalue weighted by atomic mass is 10.1. The predicted molar refractivity (Wildman–Crippen MR) is 189 cm³/mol. The molecule has 5 rings (SSSR count). The zero-order chi connectivity index (χ0) is 34.5. The molecule has 2 N–H and O–H groups in total. The van der Waals surface area contributed by atoms with Gasteiger partial charge in [-0.15, -0.1) is 0 Å². The van der Waals surface area contributed by atoms with Crippen molar-refractivity contribution >= 4 is 56.9 Å². The number of fused-ring (bicyclic) bond motifs is 2. The molecule has 1 unspecified atom stereocenters. The molecule has 0 radical (unpaired) electrons. The topological polar surface area (TPSA) is 123 Å². The number of carbonyl (C=O) groups excluding carboxylic acids is 3. The Kier molecular flexibility index (Phi) is 10.5. The molecule has 3 aromatic carbocycles. The summed E-state index contributed by atoms with van der Waals surface area (Å²) in [7, 11) is 1.56. The Morgan fingerprint density at radius 2 is 1.73 bits per heavy atom.